The molecule has 23 heavy (non-hydrogen) atoms. The summed E-state index contributed by atoms with van der Waals surface area (Å²) >= 11 is 0. The Hall–Kier alpha value is -0.883. The molecule has 1 aromatic carbocycles. The number of hydrogen-bond donors (Lipinski definition) is 2. The first-order valence-corrected chi connectivity index (χ1v) is 11.5. The molecule has 0 radical (unpaired) electrons. The fraction of sp³-hybridized carbons (Fsp3) is 0.667. The summed E-state index contributed by atoms with van der Waals surface area (Å²) in [5.74, 6) is 0. The van der Waals surface area contributed by atoms with Crippen LogP contribution >= 0.6 is 0 Å². The minimum Gasteiger partial charge on any atom is -0.409 e. The molecular formula is C18H30N2O2Si. The summed E-state index contributed by atoms with van der Waals surface area (Å²) in [6, 6.07) is 6.74. The Labute approximate surface area is 140 Å². The molecule has 2 aliphatic rings. The fourth-order valence-corrected chi connectivity index (χ4v) is 4.50. The molecule has 0 saturated carbocycles. The quantitative estimate of drug-likeness (QED) is 0.826. The summed E-state index contributed by atoms with van der Waals surface area (Å²) in [7, 11) is -1.79. The number of benzene rings is 1. The van der Waals surface area contributed by atoms with Crippen LogP contribution in [0.3, 0.4) is 0 Å². The van der Waals surface area contributed by atoms with E-state index >= 15 is 0 Å². The van der Waals surface area contributed by atoms with E-state index in [0.29, 0.717) is 19.2 Å². The fourth-order valence-electron chi connectivity index (χ4n) is 3.15. The first-order chi connectivity index (χ1) is 10.7. The molecule has 0 amide bonds. The third-order valence-corrected chi connectivity index (χ3v) is 10.2. The largest absolute Gasteiger partial charge is 0.409 e. The Morgan fingerprint density at radius 1 is 1.35 bits per heavy atom. The number of nitrogens with one attached hydrogen (secondary N) is 1. The van der Waals surface area contributed by atoms with E-state index in [0.717, 1.165) is 12.0 Å². The van der Waals surface area contributed by atoms with Crippen LogP contribution in [-0.4, -0.2) is 27.1 Å². The number of fused-ring (bicyclic) bond motifs is 4. The average Bonchev–Trinajstić information content (AvgIpc) is 2.48. The monoisotopic (exact) mass is 334 g/mol. The van der Waals surface area contributed by atoms with Crippen LogP contribution < -0.4 is 11.1 Å². The van der Waals surface area contributed by atoms with Gasteiger partial charge < -0.3 is 20.2 Å². The molecule has 1 fully saturated rings. The lowest BCUT2D eigenvalue weighted by atomic mass is 9.89. The van der Waals surface area contributed by atoms with Gasteiger partial charge >= 0.3 is 0 Å². The van der Waals surface area contributed by atoms with Gasteiger partial charge in [0.2, 0.25) is 0 Å². The van der Waals surface area contributed by atoms with Crippen LogP contribution in [0, 0.1) is 0 Å². The lowest BCUT2D eigenvalue weighted by molar-refractivity contribution is -0.0620. The zero-order chi connectivity index (χ0) is 16.8. The van der Waals surface area contributed by atoms with Gasteiger partial charge in [0.05, 0.1) is 24.9 Å². The van der Waals surface area contributed by atoms with Crippen LogP contribution in [0.5, 0.6) is 0 Å². The summed E-state index contributed by atoms with van der Waals surface area (Å²) in [5.41, 5.74) is 9.34. The number of ether oxygens (including phenoxy) is 1. The summed E-state index contributed by atoms with van der Waals surface area (Å²) < 4.78 is 12.8. The van der Waals surface area contributed by atoms with E-state index in [1.807, 2.05) is 0 Å². The third-order valence-electron chi connectivity index (χ3n) is 5.67. The Balaban J connectivity index is 1.79. The van der Waals surface area contributed by atoms with Gasteiger partial charge in [0.25, 0.3) is 0 Å². The molecule has 4 nitrogen and oxygen atoms in total. The molecule has 2 heterocycles. The second kappa shape index (κ2) is 5.88. The van der Waals surface area contributed by atoms with Gasteiger partial charge in [0, 0.05) is 24.2 Å². The summed E-state index contributed by atoms with van der Waals surface area (Å²) in [6.45, 7) is 12.7. The van der Waals surface area contributed by atoms with Crippen LogP contribution in [0.1, 0.15) is 44.4 Å². The van der Waals surface area contributed by atoms with E-state index in [4.69, 9.17) is 14.9 Å². The van der Waals surface area contributed by atoms with E-state index in [1.54, 1.807) is 0 Å². The molecule has 0 unspecified atom stereocenters. The van der Waals surface area contributed by atoms with E-state index in [1.165, 1.54) is 11.3 Å². The molecule has 2 bridgehead atoms. The van der Waals surface area contributed by atoms with Gasteiger partial charge in [0.1, 0.15) is 0 Å². The van der Waals surface area contributed by atoms with Crippen LogP contribution in [0.4, 0.5) is 5.69 Å². The molecule has 2 aliphatic heterocycles. The second-order valence-electron chi connectivity index (χ2n) is 8.35. The Morgan fingerprint density at radius 3 is 2.74 bits per heavy atom. The minimum absolute atomic E-state index is 0.134. The lowest BCUT2D eigenvalue weighted by Crippen LogP contribution is -2.54. The van der Waals surface area contributed by atoms with Crippen LogP contribution in [-0.2, 0) is 15.7 Å². The molecule has 0 aromatic heterocycles. The lowest BCUT2D eigenvalue weighted by Gasteiger charge is -2.47. The first kappa shape index (κ1) is 17.0. The average molecular weight is 335 g/mol. The highest BCUT2D eigenvalue weighted by molar-refractivity contribution is 6.74. The predicted octanol–water partition coefficient (Wildman–Crippen LogP) is 3.79. The van der Waals surface area contributed by atoms with Gasteiger partial charge in [-0.1, -0.05) is 26.8 Å². The van der Waals surface area contributed by atoms with Gasteiger partial charge in [-0.25, -0.2) is 0 Å². The Bertz CT molecular complexity index is 583. The van der Waals surface area contributed by atoms with Crippen molar-refractivity contribution < 1.29 is 9.16 Å². The minimum atomic E-state index is -1.79. The van der Waals surface area contributed by atoms with Crippen molar-refractivity contribution in [3.8, 4) is 0 Å². The van der Waals surface area contributed by atoms with Crippen molar-refractivity contribution in [3.63, 3.8) is 0 Å². The maximum atomic E-state index is 6.62. The SMILES string of the molecule is CC(C)(C)[Si](C)(C)O[C@@H]1CO[C@@H]2C[C@H]1Nc1ccc(CN)cc12. The highest BCUT2D eigenvalue weighted by Crippen LogP contribution is 2.43. The van der Waals surface area contributed by atoms with Crippen molar-refractivity contribution in [1.82, 2.24) is 0 Å². The predicted molar refractivity (Wildman–Crippen MR) is 97.1 cm³/mol. The van der Waals surface area contributed by atoms with Crippen LogP contribution in [0.15, 0.2) is 18.2 Å². The smallest absolute Gasteiger partial charge is 0.192 e. The number of nitrogens with two attached hydrogens (primary N) is 1. The molecule has 1 saturated heterocycles. The molecule has 0 aliphatic carbocycles. The van der Waals surface area contributed by atoms with Crippen molar-refractivity contribution in [2.75, 3.05) is 11.9 Å². The van der Waals surface area contributed by atoms with E-state index in [-0.39, 0.29) is 17.2 Å². The molecule has 3 rings (SSSR count). The van der Waals surface area contributed by atoms with E-state index < -0.39 is 8.32 Å². The molecule has 3 N–H and O–H groups in total. The Morgan fingerprint density at radius 2 is 2.09 bits per heavy atom. The highest BCUT2D eigenvalue weighted by Gasteiger charge is 2.44. The zero-order valence-electron chi connectivity index (χ0n) is 15.0. The standard InChI is InChI=1S/C18H30N2O2Si/c1-18(2,3)23(4,5)22-17-11-21-16-9-15(17)20-14-7-6-12(10-19)8-13(14)16/h6-8,15-17,20H,9-11,19H2,1-5H3/t15-,16-,17-/m1/s1. The maximum absolute atomic E-state index is 6.62. The molecule has 3 atom stereocenters. The molecule has 128 valence electrons. The normalized spacial score (nSPS) is 27.3. The summed E-state index contributed by atoms with van der Waals surface area (Å²) in [4.78, 5) is 0. The second-order valence-corrected chi connectivity index (χ2v) is 13.1. The van der Waals surface area contributed by atoms with Gasteiger partial charge in [-0.3, -0.25) is 0 Å². The van der Waals surface area contributed by atoms with E-state index in [9.17, 15) is 0 Å². The van der Waals surface area contributed by atoms with Crippen molar-refractivity contribution in [2.24, 2.45) is 5.73 Å². The summed E-state index contributed by atoms with van der Waals surface area (Å²) in [5, 5.41) is 3.89. The number of rotatable bonds is 3. The van der Waals surface area contributed by atoms with Crippen molar-refractivity contribution in [1.29, 1.82) is 0 Å². The van der Waals surface area contributed by atoms with Crippen LogP contribution in [0.25, 0.3) is 0 Å². The molecule has 5 heteroatoms. The number of anilines is 1. The van der Waals surface area contributed by atoms with E-state index in [2.05, 4.69) is 57.4 Å². The van der Waals surface area contributed by atoms with Gasteiger partial charge in [-0.2, -0.15) is 0 Å². The molecule has 1 aromatic rings. The van der Waals surface area contributed by atoms with Gasteiger partial charge in [0.15, 0.2) is 8.32 Å². The third kappa shape index (κ3) is 3.20. The topological polar surface area (TPSA) is 56.5 Å². The van der Waals surface area contributed by atoms with Crippen molar-refractivity contribution >= 4 is 14.0 Å². The highest BCUT2D eigenvalue weighted by atomic mass is 28.4. The Kier molecular flexibility index (Phi) is 4.34. The van der Waals surface area contributed by atoms with Crippen LogP contribution in [0.2, 0.25) is 18.1 Å². The summed E-state index contributed by atoms with van der Waals surface area (Å²) in [6.07, 6.45) is 1.27. The van der Waals surface area contributed by atoms with Crippen molar-refractivity contribution in [2.45, 2.75) is 70.1 Å². The maximum Gasteiger partial charge on any atom is 0.192 e. The number of hydrogen-bond acceptors (Lipinski definition) is 4. The molecular weight excluding hydrogens is 304 g/mol. The van der Waals surface area contributed by atoms with Gasteiger partial charge in [-0.15, -0.1) is 0 Å². The molecule has 0 spiro atoms. The van der Waals surface area contributed by atoms with Crippen molar-refractivity contribution in [3.05, 3.63) is 29.3 Å². The zero-order valence-corrected chi connectivity index (χ0v) is 16.0. The first-order valence-electron chi connectivity index (χ1n) is 8.60. The van der Waals surface area contributed by atoms with Gasteiger partial charge in [-0.05, 0) is 35.8 Å².